The molecule has 2 heteroatoms. The Morgan fingerprint density at radius 2 is 0.647 bits per heavy atom. The summed E-state index contributed by atoms with van der Waals surface area (Å²) in [5, 5.41) is 0. The van der Waals surface area contributed by atoms with Gasteiger partial charge in [-0.3, -0.25) is 0 Å². The SMILES string of the molecule is CCCOC(c1ccccc1)(c1ccccc1)C(OCCC)(c1ccccc1)c1ccccc1. The summed E-state index contributed by atoms with van der Waals surface area (Å²) in [6.45, 7) is 5.50. The summed E-state index contributed by atoms with van der Waals surface area (Å²) in [6, 6.07) is 42.2. The predicted octanol–water partition coefficient (Wildman–Crippen LogP) is 7.73. The highest BCUT2D eigenvalue weighted by atomic mass is 16.6. The van der Waals surface area contributed by atoms with Gasteiger partial charge < -0.3 is 9.47 Å². The van der Waals surface area contributed by atoms with E-state index in [9.17, 15) is 0 Å². The molecule has 34 heavy (non-hydrogen) atoms. The van der Waals surface area contributed by atoms with Crippen molar-refractivity contribution in [2.24, 2.45) is 0 Å². The normalized spacial score (nSPS) is 11.9. The maximum absolute atomic E-state index is 7.10. The zero-order chi connectivity index (χ0) is 23.7. The van der Waals surface area contributed by atoms with Crippen molar-refractivity contribution in [1.29, 1.82) is 0 Å². The third-order valence-electron chi connectivity index (χ3n) is 6.26. The number of ether oxygens (including phenoxy) is 2. The molecule has 0 aliphatic carbocycles. The van der Waals surface area contributed by atoms with Crippen molar-refractivity contribution in [2.75, 3.05) is 13.2 Å². The second-order valence-corrected chi connectivity index (χ2v) is 8.52. The van der Waals surface area contributed by atoms with Crippen LogP contribution in [0.3, 0.4) is 0 Å². The maximum atomic E-state index is 7.10. The van der Waals surface area contributed by atoms with Gasteiger partial charge in [-0.25, -0.2) is 0 Å². The van der Waals surface area contributed by atoms with E-state index in [0.717, 1.165) is 35.1 Å². The molecular weight excluding hydrogens is 416 g/mol. The highest BCUT2D eigenvalue weighted by Gasteiger charge is 2.58. The standard InChI is InChI=1S/C32H34O2/c1-3-25-33-31(27-17-9-5-10-18-27,28-19-11-6-12-20-28)32(34-26-4-2,29-21-13-7-14-22-29)30-23-15-8-16-24-30/h5-24H,3-4,25-26H2,1-2H3. The average Bonchev–Trinajstić information content (AvgIpc) is 2.93. The smallest absolute Gasteiger partial charge is 0.155 e. The van der Waals surface area contributed by atoms with E-state index in [1.165, 1.54) is 0 Å². The van der Waals surface area contributed by atoms with E-state index in [2.05, 4.69) is 135 Å². The molecule has 0 amide bonds. The first-order valence-corrected chi connectivity index (χ1v) is 12.3. The van der Waals surface area contributed by atoms with Crippen molar-refractivity contribution < 1.29 is 9.47 Å². The van der Waals surface area contributed by atoms with Crippen LogP contribution in [0.15, 0.2) is 121 Å². The molecule has 0 aliphatic rings. The summed E-state index contributed by atoms with van der Waals surface area (Å²) in [7, 11) is 0. The molecule has 0 radical (unpaired) electrons. The molecule has 4 aromatic rings. The Morgan fingerprint density at radius 1 is 0.412 bits per heavy atom. The van der Waals surface area contributed by atoms with E-state index in [1.54, 1.807) is 0 Å². The van der Waals surface area contributed by atoms with Crippen molar-refractivity contribution in [3.8, 4) is 0 Å². The quantitative estimate of drug-likeness (QED) is 0.233. The van der Waals surface area contributed by atoms with Crippen molar-refractivity contribution in [2.45, 2.75) is 37.9 Å². The van der Waals surface area contributed by atoms with E-state index in [-0.39, 0.29) is 0 Å². The number of benzene rings is 4. The van der Waals surface area contributed by atoms with Crippen LogP contribution in [-0.4, -0.2) is 13.2 Å². The molecule has 0 heterocycles. The van der Waals surface area contributed by atoms with Crippen LogP contribution in [0.25, 0.3) is 0 Å². The lowest BCUT2D eigenvalue weighted by Crippen LogP contribution is -2.55. The van der Waals surface area contributed by atoms with E-state index < -0.39 is 11.2 Å². The first-order chi connectivity index (χ1) is 16.8. The zero-order valence-corrected chi connectivity index (χ0v) is 20.2. The minimum absolute atomic E-state index is 0.598. The van der Waals surface area contributed by atoms with E-state index in [4.69, 9.17) is 9.47 Å². The van der Waals surface area contributed by atoms with Gasteiger partial charge in [0.05, 0.1) is 0 Å². The Balaban J connectivity index is 2.18. The summed E-state index contributed by atoms with van der Waals surface area (Å²) < 4.78 is 14.2. The van der Waals surface area contributed by atoms with Crippen molar-refractivity contribution in [3.63, 3.8) is 0 Å². The fourth-order valence-electron chi connectivity index (χ4n) is 4.88. The zero-order valence-electron chi connectivity index (χ0n) is 20.2. The van der Waals surface area contributed by atoms with Gasteiger partial charge in [0.25, 0.3) is 0 Å². The van der Waals surface area contributed by atoms with Crippen LogP contribution in [0.4, 0.5) is 0 Å². The summed E-state index contributed by atoms with van der Waals surface area (Å²) in [6.07, 6.45) is 1.80. The van der Waals surface area contributed by atoms with Crippen LogP contribution >= 0.6 is 0 Å². The first-order valence-electron chi connectivity index (χ1n) is 12.3. The van der Waals surface area contributed by atoms with Gasteiger partial charge in [0.2, 0.25) is 0 Å². The molecule has 0 aliphatic heterocycles. The molecule has 0 bridgehead atoms. The van der Waals surface area contributed by atoms with Crippen molar-refractivity contribution in [3.05, 3.63) is 144 Å². The molecule has 0 aromatic heterocycles. The van der Waals surface area contributed by atoms with Crippen LogP contribution in [-0.2, 0) is 20.7 Å². The molecule has 0 spiro atoms. The van der Waals surface area contributed by atoms with Crippen LogP contribution in [0, 0.1) is 0 Å². The van der Waals surface area contributed by atoms with Crippen LogP contribution in [0.2, 0.25) is 0 Å². The third kappa shape index (κ3) is 4.32. The molecule has 0 unspecified atom stereocenters. The van der Waals surface area contributed by atoms with Crippen LogP contribution in [0.1, 0.15) is 48.9 Å². The van der Waals surface area contributed by atoms with Gasteiger partial charge in [0.1, 0.15) is 0 Å². The molecule has 0 atom stereocenters. The van der Waals surface area contributed by atoms with Crippen LogP contribution in [0.5, 0.6) is 0 Å². The Kier molecular flexibility index (Phi) is 7.95. The Bertz CT molecular complexity index is 937. The van der Waals surface area contributed by atoms with Crippen molar-refractivity contribution in [1.82, 2.24) is 0 Å². The largest absolute Gasteiger partial charge is 0.362 e. The highest BCUT2D eigenvalue weighted by Crippen LogP contribution is 2.54. The van der Waals surface area contributed by atoms with Gasteiger partial charge in [-0.2, -0.15) is 0 Å². The Morgan fingerprint density at radius 3 is 0.853 bits per heavy atom. The Hall–Kier alpha value is -3.20. The maximum Gasteiger partial charge on any atom is 0.155 e. The monoisotopic (exact) mass is 450 g/mol. The van der Waals surface area contributed by atoms with Gasteiger partial charge in [-0.05, 0) is 35.1 Å². The minimum atomic E-state index is -0.913. The molecular formula is C32H34O2. The predicted molar refractivity (Wildman–Crippen MR) is 140 cm³/mol. The molecule has 2 nitrogen and oxygen atoms in total. The molecule has 4 aromatic carbocycles. The van der Waals surface area contributed by atoms with Gasteiger partial charge in [0, 0.05) is 13.2 Å². The molecule has 0 N–H and O–H groups in total. The molecule has 0 saturated carbocycles. The summed E-state index contributed by atoms with van der Waals surface area (Å²) in [5.74, 6) is 0. The fraction of sp³-hybridized carbons (Fsp3) is 0.250. The van der Waals surface area contributed by atoms with Crippen LogP contribution < -0.4 is 0 Å². The number of hydrogen-bond acceptors (Lipinski definition) is 2. The average molecular weight is 451 g/mol. The van der Waals surface area contributed by atoms with E-state index in [1.807, 2.05) is 0 Å². The third-order valence-corrected chi connectivity index (χ3v) is 6.26. The second kappa shape index (κ2) is 11.3. The summed E-state index contributed by atoms with van der Waals surface area (Å²) in [4.78, 5) is 0. The Labute approximate surface area is 204 Å². The molecule has 0 saturated heterocycles. The molecule has 174 valence electrons. The van der Waals surface area contributed by atoms with Gasteiger partial charge in [-0.1, -0.05) is 135 Å². The molecule has 4 rings (SSSR count). The highest BCUT2D eigenvalue weighted by molar-refractivity contribution is 5.51. The number of hydrogen-bond donors (Lipinski definition) is 0. The van der Waals surface area contributed by atoms with Gasteiger partial charge in [0.15, 0.2) is 11.2 Å². The fourth-order valence-corrected chi connectivity index (χ4v) is 4.88. The van der Waals surface area contributed by atoms with E-state index >= 15 is 0 Å². The molecule has 0 fully saturated rings. The van der Waals surface area contributed by atoms with Crippen molar-refractivity contribution >= 4 is 0 Å². The van der Waals surface area contributed by atoms with E-state index in [0.29, 0.717) is 13.2 Å². The van der Waals surface area contributed by atoms with Gasteiger partial charge in [-0.15, -0.1) is 0 Å². The first kappa shape index (κ1) is 23.9. The summed E-state index contributed by atoms with van der Waals surface area (Å²) >= 11 is 0. The second-order valence-electron chi connectivity index (χ2n) is 8.52. The topological polar surface area (TPSA) is 18.5 Å². The number of rotatable bonds is 11. The lowest BCUT2D eigenvalue weighted by Gasteiger charge is -2.51. The lowest BCUT2D eigenvalue weighted by atomic mass is 9.65. The summed E-state index contributed by atoms with van der Waals surface area (Å²) in [5.41, 5.74) is 2.45. The minimum Gasteiger partial charge on any atom is -0.362 e. The van der Waals surface area contributed by atoms with Gasteiger partial charge >= 0.3 is 0 Å². The lowest BCUT2D eigenvalue weighted by molar-refractivity contribution is -0.182.